The van der Waals surface area contributed by atoms with Crippen LogP contribution in [0.5, 0.6) is 0 Å². The van der Waals surface area contributed by atoms with Crippen molar-refractivity contribution in [1.82, 2.24) is 14.7 Å². The number of imidazole rings is 1. The lowest BCUT2D eigenvalue weighted by molar-refractivity contribution is 0.596. The summed E-state index contributed by atoms with van der Waals surface area (Å²) in [6, 6.07) is 11.2. The van der Waals surface area contributed by atoms with E-state index >= 15 is 0 Å². The van der Waals surface area contributed by atoms with Crippen LogP contribution in [-0.4, -0.2) is 16.4 Å². The fraction of sp³-hybridized carbons (Fsp3) is 0.188. The van der Waals surface area contributed by atoms with E-state index in [1.807, 2.05) is 18.4 Å². The molecule has 1 unspecified atom stereocenters. The van der Waals surface area contributed by atoms with Crippen LogP contribution < -0.4 is 5.32 Å². The maximum Gasteiger partial charge on any atom is 0.193 e. The highest BCUT2D eigenvalue weighted by Gasteiger charge is 2.15. The van der Waals surface area contributed by atoms with Crippen molar-refractivity contribution in [2.45, 2.75) is 12.5 Å². The first-order valence-corrected chi connectivity index (χ1v) is 8.60. The fourth-order valence-electron chi connectivity index (χ4n) is 2.60. The minimum Gasteiger partial charge on any atom is -0.312 e. The zero-order valence-electron chi connectivity index (χ0n) is 11.6. The Morgan fingerprint density at radius 2 is 2.24 bits per heavy atom. The molecule has 21 heavy (non-hydrogen) atoms. The Morgan fingerprint density at radius 1 is 1.33 bits per heavy atom. The molecule has 1 atom stereocenters. The lowest BCUT2D eigenvalue weighted by atomic mass is 10.1. The molecule has 106 valence electrons. The Balaban J connectivity index is 1.65. The van der Waals surface area contributed by atoms with Crippen molar-refractivity contribution in [2.75, 3.05) is 7.05 Å². The third kappa shape index (κ3) is 2.37. The van der Waals surface area contributed by atoms with Crippen LogP contribution in [-0.2, 0) is 6.42 Å². The second kappa shape index (κ2) is 5.26. The summed E-state index contributed by atoms with van der Waals surface area (Å²) < 4.78 is 3.44. The molecule has 0 bridgehead atoms. The molecule has 5 heteroatoms. The van der Waals surface area contributed by atoms with Gasteiger partial charge in [0.2, 0.25) is 0 Å². The van der Waals surface area contributed by atoms with E-state index in [0.29, 0.717) is 6.04 Å². The monoisotopic (exact) mass is 313 g/mol. The van der Waals surface area contributed by atoms with E-state index in [9.17, 15) is 0 Å². The SMILES string of the molecule is CNC(Cc1cn2ccsc2n1)c1cc2ccccc2s1. The van der Waals surface area contributed by atoms with Crippen LogP contribution in [0.4, 0.5) is 0 Å². The van der Waals surface area contributed by atoms with Crippen molar-refractivity contribution < 1.29 is 0 Å². The zero-order valence-corrected chi connectivity index (χ0v) is 13.2. The van der Waals surface area contributed by atoms with Gasteiger partial charge in [0.25, 0.3) is 0 Å². The number of aromatic nitrogens is 2. The number of fused-ring (bicyclic) bond motifs is 2. The molecule has 4 aromatic rings. The van der Waals surface area contributed by atoms with Crippen molar-refractivity contribution in [1.29, 1.82) is 0 Å². The molecule has 1 aromatic carbocycles. The van der Waals surface area contributed by atoms with Crippen LogP contribution in [0.25, 0.3) is 15.0 Å². The smallest absolute Gasteiger partial charge is 0.193 e. The van der Waals surface area contributed by atoms with Crippen LogP contribution in [0.2, 0.25) is 0 Å². The molecule has 0 aliphatic rings. The Morgan fingerprint density at radius 3 is 3.05 bits per heavy atom. The molecule has 3 nitrogen and oxygen atoms in total. The van der Waals surface area contributed by atoms with Gasteiger partial charge in [0.15, 0.2) is 4.96 Å². The molecule has 0 saturated heterocycles. The molecule has 0 amide bonds. The van der Waals surface area contributed by atoms with Crippen LogP contribution in [0.1, 0.15) is 16.6 Å². The number of rotatable bonds is 4. The van der Waals surface area contributed by atoms with E-state index in [-0.39, 0.29) is 0 Å². The minimum absolute atomic E-state index is 0.312. The van der Waals surface area contributed by atoms with E-state index in [4.69, 9.17) is 0 Å². The average Bonchev–Trinajstić information content (AvgIpc) is 3.17. The average molecular weight is 313 g/mol. The number of hydrogen-bond donors (Lipinski definition) is 1. The molecule has 0 saturated carbocycles. The highest BCUT2D eigenvalue weighted by atomic mass is 32.1. The summed E-state index contributed by atoms with van der Waals surface area (Å²) in [5.74, 6) is 0. The topological polar surface area (TPSA) is 29.3 Å². The first kappa shape index (κ1) is 13.0. The molecule has 0 aliphatic carbocycles. The van der Waals surface area contributed by atoms with E-state index in [0.717, 1.165) is 17.1 Å². The molecule has 0 spiro atoms. The Kier molecular flexibility index (Phi) is 3.25. The summed E-state index contributed by atoms with van der Waals surface area (Å²) in [6.45, 7) is 0. The van der Waals surface area contributed by atoms with Gasteiger partial charge in [-0.25, -0.2) is 4.98 Å². The van der Waals surface area contributed by atoms with E-state index in [2.05, 4.69) is 62.8 Å². The van der Waals surface area contributed by atoms with Gasteiger partial charge in [-0.15, -0.1) is 22.7 Å². The lowest BCUT2D eigenvalue weighted by Crippen LogP contribution is -2.17. The molecular formula is C16H15N3S2. The number of thiophene rings is 1. The Hall–Kier alpha value is -1.69. The third-order valence-electron chi connectivity index (χ3n) is 3.69. The lowest BCUT2D eigenvalue weighted by Gasteiger charge is -2.12. The predicted octanol–water partition coefficient (Wildman–Crippen LogP) is 4.11. The highest BCUT2D eigenvalue weighted by Crippen LogP contribution is 2.31. The normalized spacial score (nSPS) is 13.2. The van der Waals surface area contributed by atoms with Gasteiger partial charge in [-0.2, -0.15) is 0 Å². The van der Waals surface area contributed by atoms with Gasteiger partial charge in [-0.05, 0) is 24.6 Å². The summed E-state index contributed by atoms with van der Waals surface area (Å²) in [4.78, 5) is 7.12. The van der Waals surface area contributed by atoms with Crippen LogP contribution >= 0.6 is 22.7 Å². The molecule has 3 aromatic heterocycles. The minimum atomic E-state index is 0.312. The summed E-state index contributed by atoms with van der Waals surface area (Å²) in [5.41, 5.74) is 1.14. The molecule has 1 N–H and O–H groups in total. The maximum atomic E-state index is 4.69. The second-order valence-electron chi connectivity index (χ2n) is 5.06. The van der Waals surface area contributed by atoms with Gasteiger partial charge in [-0.1, -0.05) is 18.2 Å². The van der Waals surface area contributed by atoms with Crippen LogP contribution in [0.3, 0.4) is 0 Å². The molecule has 4 rings (SSSR count). The summed E-state index contributed by atoms with van der Waals surface area (Å²) in [6.07, 6.45) is 5.10. The number of nitrogens with zero attached hydrogens (tertiary/aromatic N) is 2. The van der Waals surface area contributed by atoms with Crippen molar-refractivity contribution in [3.63, 3.8) is 0 Å². The molecule has 0 fully saturated rings. The van der Waals surface area contributed by atoms with E-state index in [1.165, 1.54) is 15.0 Å². The van der Waals surface area contributed by atoms with E-state index in [1.54, 1.807) is 11.3 Å². The predicted molar refractivity (Wildman–Crippen MR) is 90.4 cm³/mol. The quantitative estimate of drug-likeness (QED) is 0.614. The zero-order chi connectivity index (χ0) is 14.2. The molecule has 0 radical (unpaired) electrons. The van der Waals surface area contributed by atoms with Gasteiger partial charge in [0, 0.05) is 39.8 Å². The van der Waals surface area contributed by atoms with Crippen molar-refractivity contribution in [3.8, 4) is 0 Å². The molecular weight excluding hydrogens is 298 g/mol. The first-order valence-electron chi connectivity index (χ1n) is 6.90. The molecule has 0 aliphatic heterocycles. The number of nitrogens with one attached hydrogen (secondary N) is 1. The first-order chi connectivity index (χ1) is 10.3. The van der Waals surface area contributed by atoms with Gasteiger partial charge in [-0.3, -0.25) is 4.40 Å². The van der Waals surface area contributed by atoms with Crippen LogP contribution in [0.15, 0.2) is 48.1 Å². The second-order valence-corrected chi connectivity index (χ2v) is 7.05. The molecule has 3 heterocycles. The van der Waals surface area contributed by atoms with Gasteiger partial charge in [0.05, 0.1) is 5.69 Å². The Bertz CT molecular complexity index is 825. The Labute approximate surface area is 130 Å². The van der Waals surface area contributed by atoms with Crippen molar-refractivity contribution >= 4 is 37.7 Å². The number of likely N-dealkylation sites (N-methyl/N-ethyl adjacent to an activating group) is 1. The largest absolute Gasteiger partial charge is 0.312 e. The van der Waals surface area contributed by atoms with Crippen molar-refractivity contribution in [3.05, 3.63) is 58.7 Å². The van der Waals surface area contributed by atoms with Gasteiger partial charge < -0.3 is 5.32 Å². The van der Waals surface area contributed by atoms with Gasteiger partial charge >= 0.3 is 0 Å². The van der Waals surface area contributed by atoms with Gasteiger partial charge in [0.1, 0.15) is 0 Å². The standard InChI is InChI=1S/C16H15N3S2/c1-17-13(9-12-10-19-6-7-20-16(19)18-12)15-8-11-4-2-3-5-14(11)21-15/h2-8,10,13,17H,9H2,1H3. The maximum absolute atomic E-state index is 4.69. The number of thiazole rings is 1. The highest BCUT2D eigenvalue weighted by molar-refractivity contribution is 7.19. The summed E-state index contributed by atoms with van der Waals surface area (Å²) in [7, 11) is 2.02. The third-order valence-corrected chi connectivity index (χ3v) is 5.69. The fourth-order valence-corrected chi connectivity index (χ4v) is 4.50. The summed E-state index contributed by atoms with van der Waals surface area (Å²) in [5, 5.41) is 6.81. The van der Waals surface area contributed by atoms with E-state index < -0.39 is 0 Å². The number of hydrogen-bond acceptors (Lipinski definition) is 4. The summed E-state index contributed by atoms with van der Waals surface area (Å²) >= 11 is 3.54. The number of benzene rings is 1. The van der Waals surface area contributed by atoms with Crippen molar-refractivity contribution in [2.24, 2.45) is 0 Å². The van der Waals surface area contributed by atoms with Crippen LogP contribution in [0, 0.1) is 0 Å².